The number of rotatable bonds is 9. The Bertz CT molecular complexity index is 1190. The molecule has 0 spiro atoms. The molecule has 2 heterocycles. The maximum Gasteiger partial charge on any atom is 0.435 e. The molecule has 8 nitrogen and oxygen atoms in total. The summed E-state index contributed by atoms with van der Waals surface area (Å²) in [6, 6.07) is 10.3. The molecule has 1 unspecified atom stereocenters. The number of nitrogens with two attached hydrogens (primary N) is 1. The Balaban J connectivity index is 1.83. The highest BCUT2D eigenvalue weighted by molar-refractivity contribution is 7.14. The number of hydrogen-bond donors (Lipinski definition) is 3. The molecule has 1 atom stereocenters. The van der Waals surface area contributed by atoms with E-state index in [0.29, 0.717) is 27.3 Å². The third-order valence-electron chi connectivity index (χ3n) is 4.71. The van der Waals surface area contributed by atoms with Gasteiger partial charge in [0.1, 0.15) is 16.4 Å². The first kappa shape index (κ1) is 26.2. The van der Waals surface area contributed by atoms with E-state index < -0.39 is 23.8 Å². The zero-order chi connectivity index (χ0) is 25.8. The normalized spacial score (nSPS) is 12.5. The van der Waals surface area contributed by atoms with Gasteiger partial charge in [-0.25, -0.2) is 4.68 Å². The van der Waals surface area contributed by atoms with E-state index in [4.69, 9.17) is 10.5 Å². The van der Waals surface area contributed by atoms with Gasteiger partial charge in [0.25, 0.3) is 5.91 Å². The highest BCUT2D eigenvalue weighted by Crippen LogP contribution is 2.31. The first-order chi connectivity index (χ1) is 16.5. The lowest BCUT2D eigenvalue weighted by atomic mass is 10.2. The van der Waals surface area contributed by atoms with Crippen LogP contribution in [0.3, 0.4) is 0 Å². The van der Waals surface area contributed by atoms with E-state index in [1.54, 1.807) is 30.3 Å². The lowest BCUT2D eigenvalue weighted by molar-refractivity contribution is -0.141. The minimum absolute atomic E-state index is 0.0489. The number of benzene rings is 1. The smallest absolute Gasteiger partial charge is 0.435 e. The zero-order valence-corrected chi connectivity index (χ0v) is 20.2. The molecule has 0 aliphatic heterocycles. The van der Waals surface area contributed by atoms with Gasteiger partial charge >= 0.3 is 6.18 Å². The van der Waals surface area contributed by atoms with Gasteiger partial charge in [0.15, 0.2) is 5.69 Å². The van der Waals surface area contributed by atoms with Gasteiger partial charge < -0.3 is 21.1 Å². The highest BCUT2D eigenvalue weighted by atomic mass is 32.1. The van der Waals surface area contributed by atoms with Crippen LogP contribution in [0, 0.1) is 0 Å². The van der Waals surface area contributed by atoms with Crippen LogP contribution in [0.1, 0.15) is 47.4 Å². The molecule has 2 aromatic heterocycles. The number of thiophene rings is 1. The fourth-order valence-corrected chi connectivity index (χ4v) is 3.96. The van der Waals surface area contributed by atoms with E-state index in [-0.39, 0.29) is 30.8 Å². The lowest BCUT2D eigenvalue weighted by Crippen LogP contribution is -2.37. The second-order valence-electron chi connectivity index (χ2n) is 8.03. The average molecular weight is 510 g/mol. The molecule has 12 heteroatoms. The Hall–Kier alpha value is -3.38. The molecule has 0 bridgehead atoms. The number of amides is 2. The van der Waals surface area contributed by atoms with Crippen LogP contribution in [-0.2, 0) is 24.1 Å². The molecule has 3 aromatic rings. The Morgan fingerprint density at radius 2 is 1.83 bits per heavy atom. The second-order valence-corrected chi connectivity index (χ2v) is 9.17. The molecular weight excluding hydrogens is 483 g/mol. The van der Waals surface area contributed by atoms with Crippen LogP contribution in [0.15, 0.2) is 42.5 Å². The summed E-state index contributed by atoms with van der Waals surface area (Å²) >= 11 is 1.10. The molecule has 3 rings (SSSR count). The van der Waals surface area contributed by atoms with Crippen molar-refractivity contribution in [3.05, 3.63) is 64.3 Å². The Morgan fingerprint density at radius 3 is 2.49 bits per heavy atom. The monoisotopic (exact) mass is 509 g/mol. The quantitative estimate of drug-likeness (QED) is 0.408. The Morgan fingerprint density at radius 1 is 1.11 bits per heavy atom. The van der Waals surface area contributed by atoms with Crippen LogP contribution < -0.4 is 21.1 Å². The number of nitrogens with one attached hydrogen (secondary N) is 2. The molecule has 35 heavy (non-hydrogen) atoms. The number of ether oxygens (including phenoxy) is 1. The fourth-order valence-electron chi connectivity index (χ4n) is 3.04. The van der Waals surface area contributed by atoms with Gasteiger partial charge in [0.05, 0.1) is 18.7 Å². The number of nitrogens with zero attached hydrogens (tertiary/aromatic N) is 2. The van der Waals surface area contributed by atoms with Gasteiger partial charge in [-0.2, -0.15) is 18.3 Å². The van der Waals surface area contributed by atoms with Crippen LogP contribution in [0.25, 0.3) is 5.00 Å². The number of alkyl halides is 3. The average Bonchev–Trinajstić information content (AvgIpc) is 3.43. The predicted octanol–water partition coefficient (Wildman–Crippen LogP) is 3.63. The van der Waals surface area contributed by atoms with E-state index in [2.05, 4.69) is 15.7 Å². The Labute approximate surface area is 204 Å². The molecular formula is C23H26F3N5O3S. The van der Waals surface area contributed by atoms with Crippen molar-refractivity contribution in [3.8, 4) is 10.8 Å². The van der Waals surface area contributed by atoms with E-state index >= 15 is 0 Å². The third kappa shape index (κ3) is 6.83. The number of carbonyl (C=O) groups is 2. The van der Waals surface area contributed by atoms with Gasteiger partial charge in [-0.1, -0.05) is 18.2 Å². The maximum atomic E-state index is 13.4. The van der Waals surface area contributed by atoms with E-state index in [0.717, 1.165) is 16.0 Å². The minimum Gasteiger partial charge on any atom is -0.491 e. The van der Waals surface area contributed by atoms with Crippen LogP contribution in [0.2, 0.25) is 0 Å². The molecule has 1 aromatic carbocycles. The first-order valence-corrected chi connectivity index (χ1v) is 11.6. The highest BCUT2D eigenvalue weighted by Gasteiger charge is 2.36. The lowest BCUT2D eigenvalue weighted by Gasteiger charge is -2.14. The first-order valence-electron chi connectivity index (χ1n) is 10.8. The topological polar surface area (TPSA) is 111 Å². The van der Waals surface area contributed by atoms with Crippen molar-refractivity contribution in [2.24, 2.45) is 5.73 Å². The van der Waals surface area contributed by atoms with Crippen molar-refractivity contribution >= 4 is 23.2 Å². The molecule has 0 saturated carbocycles. The van der Waals surface area contributed by atoms with Gasteiger partial charge in [0.2, 0.25) is 5.91 Å². The van der Waals surface area contributed by atoms with Crippen molar-refractivity contribution in [3.63, 3.8) is 0 Å². The number of aromatic nitrogens is 2. The summed E-state index contributed by atoms with van der Waals surface area (Å²) in [5.74, 6) is -0.517. The van der Waals surface area contributed by atoms with Crippen LogP contribution >= 0.6 is 11.3 Å². The largest absolute Gasteiger partial charge is 0.491 e. The summed E-state index contributed by atoms with van der Waals surface area (Å²) in [5.41, 5.74) is 4.74. The summed E-state index contributed by atoms with van der Waals surface area (Å²) in [7, 11) is 0. The summed E-state index contributed by atoms with van der Waals surface area (Å²) in [6.45, 7) is 5.46. The second kappa shape index (κ2) is 10.9. The van der Waals surface area contributed by atoms with Crippen molar-refractivity contribution in [1.82, 2.24) is 20.4 Å². The number of carbonyl (C=O) groups excluding carboxylic acids is 2. The molecule has 188 valence electrons. The van der Waals surface area contributed by atoms with Crippen LogP contribution in [0.5, 0.6) is 5.75 Å². The van der Waals surface area contributed by atoms with Gasteiger partial charge in [-0.15, -0.1) is 11.3 Å². The summed E-state index contributed by atoms with van der Waals surface area (Å²) in [5, 5.41) is 9.20. The summed E-state index contributed by atoms with van der Waals surface area (Å²) < 4.78 is 46.9. The number of hydrogen-bond acceptors (Lipinski definition) is 6. The third-order valence-corrected chi connectivity index (χ3v) is 5.77. The molecule has 0 aliphatic rings. The van der Waals surface area contributed by atoms with E-state index in [9.17, 15) is 22.8 Å². The summed E-state index contributed by atoms with van der Waals surface area (Å²) in [4.78, 5) is 25.3. The van der Waals surface area contributed by atoms with Crippen molar-refractivity contribution in [2.75, 3.05) is 0 Å². The van der Waals surface area contributed by atoms with Gasteiger partial charge in [-0.05, 0) is 39.0 Å². The number of para-hydroxylation sites is 1. The summed E-state index contributed by atoms with van der Waals surface area (Å²) in [6.07, 6.45) is -4.82. The molecule has 0 aliphatic carbocycles. The maximum absolute atomic E-state index is 13.4. The van der Waals surface area contributed by atoms with Crippen molar-refractivity contribution < 1.29 is 27.5 Å². The predicted molar refractivity (Wildman–Crippen MR) is 125 cm³/mol. The van der Waals surface area contributed by atoms with E-state index in [1.165, 1.54) is 13.0 Å². The van der Waals surface area contributed by atoms with Crippen molar-refractivity contribution in [1.29, 1.82) is 0 Å². The standard InChI is InChI=1S/C23H26F3N5O3S/c1-13(2)34-18-7-5-4-6-15(18)11-28-22(33)17-10-19(23(24,25)26)30-31(17)20-9-8-16(35-20)12-29-21(32)14(3)27/h4-10,13-14H,11-12,27H2,1-3H3,(H,28,33)(H,29,32). The van der Waals surface area contributed by atoms with Gasteiger partial charge in [-0.3, -0.25) is 9.59 Å². The SMILES string of the molecule is CC(C)Oc1ccccc1CNC(=O)c1cc(C(F)(F)F)nn1-c1ccc(CNC(=O)C(C)N)s1. The fraction of sp³-hybridized carbons (Fsp3) is 0.348. The van der Waals surface area contributed by atoms with Crippen LogP contribution in [0.4, 0.5) is 13.2 Å². The van der Waals surface area contributed by atoms with Crippen molar-refractivity contribution in [2.45, 2.75) is 52.2 Å². The van der Waals surface area contributed by atoms with Gasteiger partial charge in [0, 0.05) is 23.1 Å². The number of halogens is 3. The molecule has 0 saturated heterocycles. The van der Waals surface area contributed by atoms with E-state index in [1.807, 2.05) is 13.8 Å². The molecule has 0 fully saturated rings. The molecule has 0 radical (unpaired) electrons. The van der Waals surface area contributed by atoms with Crippen LogP contribution in [-0.4, -0.2) is 33.7 Å². The molecule has 4 N–H and O–H groups in total. The minimum atomic E-state index is -4.73. The molecule has 2 amide bonds. The Kier molecular flexibility index (Phi) is 8.18. The zero-order valence-electron chi connectivity index (χ0n) is 19.3.